The van der Waals surface area contributed by atoms with E-state index in [0.29, 0.717) is 18.5 Å². The van der Waals surface area contributed by atoms with Crippen LogP contribution in [-0.2, 0) is 6.42 Å². The first kappa shape index (κ1) is 15.2. The van der Waals surface area contributed by atoms with Crippen molar-refractivity contribution < 1.29 is 9.18 Å². The van der Waals surface area contributed by atoms with E-state index in [0.717, 1.165) is 14.5 Å². The molecule has 104 valence electrons. The molecule has 0 saturated heterocycles. The van der Waals surface area contributed by atoms with Gasteiger partial charge in [-0.25, -0.2) is 4.39 Å². The molecule has 0 radical (unpaired) electrons. The number of rotatable bonds is 4. The van der Waals surface area contributed by atoms with Gasteiger partial charge in [-0.1, -0.05) is 44.0 Å². The maximum Gasteiger partial charge on any atom is 0.251 e. The molecule has 0 saturated carbocycles. The van der Waals surface area contributed by atoms with Crippen molar-refractivity contribution in [2.75, 3.05) is 6.54 Å². The summed E-state index contributed by atoms with van der Waals surface area (Å²) in [5.74, 6) is -0.383. The van der Waals surface area contributed by atoms with E-state index in [1.807, 2.05) is 6.07 Å². The molecular formula is C15H12Br2FNO. The van der Waals surface area contributed by atoms with Crippen molar-refractivity contribution in [1.82, 2.24) is 5.32 Å². The maximum absolute atomic E-state index is 12.8. The molecule has 20 heavy (non-hydrogen) atoms. The second kappa shape index (κ2) is 6.99. The summed E-state index contributed by atoms with van der Waals surface area (Å²) < 4.78 is 14.4. The molecule has 0 atom stereocenters. The van der Waals surface area contributed by atoms with Crippen LogP contribution in [0.2, 0.25) is 0 Å². The molecular weight excluding hydrogens is 389 g/mol. The van der Waals surface area contributed by atoms with E-state index in [1.165, 1.54) is 12.1 Å². The number of carbonyl (C=O) groups is 1. The molecule has 0 aliphatic heterocycles. The second-order valence-electron chi connectivity index (χ2n) is 4.29. The first-order valence-corrected chi connectivity index (χ1v) is 7.62. The third-order valence-electron chi connectivity index (χ3n) is 2.74. The number of halogens is 3. The summed E-state index contributed by atoms with van der Waals surface area (Å²) in [5, 5.41) is 2.84. The summed E-state index contributed by atoms with van der Waals surface area (Å²) in [6.45, 7) is 0.509. The van der Waals surface area contributed by atoms with Crippen molar-refractivity contribution in [3.05, 3.63) is 68.4 Å². The van der Waals surface area contributed by atoms with Gasteiger partial charge in [0.25, 0.3) is 5.91 Å². The highest BCUT2D eigenvalue weighted by Gasteiger charge is 2.07. The minimum absolute atomic E-state index is 0.130. The topological polar surface area (TPSA) is 29.1 Å². The Kier molecular flexibility index (Phi) is 5.31. The summed E-state index contributed by atoms with van der Waals surface area (Å²) in [6, 6.07) is 11.7. The van der Waals surface area contributed by atoms with Gasteiger partial charge in [0.2, 0.25) is 0 Å². The molecule has 0 bridgehead atoms. The van der Waals surface area contributed by atoms with Crippen molar-refractivity contribution in [3.8, 4) is 0 Å². The van der Waals surface area contributed by atoms with Crippen molar-refractivity contribution in [2.45, 2.75) is 6.42 Å². The fraction of sp³-hybridized carbons (Fsp3) is 0.133. The molecule has 2 aromatic rings. The van der Waals surface area contributed by atoms with E-state index >= 15 is 0 Å². The molecule has 2 rings (SSSR count). The molecule has 1 amide bonds. The van der Waals surface area contributed by atoms with Crippen LogP contribution in [0.1, 0.15) is 15.9 Å². The fourth-order valence-corrected chi connectivity index (χ4v) is 3.05. The minimum Gasteiger partial charge on any atom is -0.352 e. The average molecular weight is 401 g/mol. The normalized spacial score (nSPS) is 10.3. The highest BCUT2D eigenvalue weighted by molar-refractivity contribution is 9.11. The summed E-state index contributed by atoms with van der Waals surface area (Å²) in [6.07, 6.45) is 0.668. The van der Waals surface area contributed by atoms with Crippen LogP contribution in [0.5, 0.6) is 0 Å². The zero-order chi connectivity index (χ0) is 14.5. The van der Waals surface area contributed by atoms with Crippen molar-refractivity contribution in [3.63, 3.8) is 0 Å². The summed E-state index contributed by atoms with van der Waals surface area (Å²) in [7, 11) is 0. The van der Waals surface area contributed by atoms with Crippen LogP contribution >= 0.6 is 31.9 Å². The summed E-state index contributed by atoms with van der Waals surface area (Å²) in [5.41, 5.74) is 1.58. The standard InChI is InChI=1S/C15H12Br2FNO/c16-12-7-11(8-13(17)9-12)15(20)19-6-5-10-1-3-14(18)4-2-10/h1-4,7-9H,5-6H2,(H,19,20). The molecule has 2 nitrogen and oxygen atoms in total. The van der Waals surface area contributed by atoms with Crippen molar-refractivity contribution in [2.24, 2.45) is 0 Å². The smallest absolute Gasteiger partial charge is 0.251 e. The lowest BCUT2D eigenvalue weighted by Crippen LogP contribution is -2.25. The van der Waals surface area contributed by atoms with Crippen LogP contribution in [0.15, 0.2) is 51.4 Å². The highest BCUT2D eigenvalue weighted by atomic mass is 79.9. The lowest BCUT2D eigenvalue weighted by molar-refractivity contribution is 0.0954. The molecule has 0 aromatic heterocycles. The number of benzene rings is 2. The molecule has 0 heterocycles. The first-order valence-electron chi connectivity index (χ1n) is 6.03. The monoisotopic (exact) mass is 399 g/mol. The number of hydrogen-bond donors (Lipinski definition) is 1. The van der Waals surface area contributed by atoms with Crippen molar-refractivity contribution in [1.29, 1.82) is 0 Å². The minimum atomic E-state index is -0.253. The number of amides is 1. The average Bonchev–Trinajstić information content (AvgIpc) is 2.40. The first-order chi connectivity index (χ1) is 9.54. The molecule has 0 aliphatic rings. The van der Waals surface area contributed by atoms with Gasteiger partial charge >= 0.3 is 0 Å². The Morgan fingerprint density at radius 3 is 2.25 bits per heavy atom. The lowest BCUT2D eigenvalue weighted by Gasteiger charge is -2.06. The third-order valence-corrected chi connectivity index (χ3v) is 3.65. The molecule has 0 aliphatic carbocycles. The van der Waals surface area contributed by atoms with Crippen molar-refractivity contribution >= 4 is 37.8 Å². The predicted molar refractivity (Wildman–Crippen MR) is 84.3 cm³/mol. The zero-order valence-electron chi connectivity index (χ0n) is 10.5. The van der Waals surface area contributed by atoms with Crippen LogP contribution < -0.4 is 5.32 Å². The number of hydrogen-bond acceptors (Lipinski definition) is 1. The molecule has 1 N–H and O–H groups in total. The maximum atomic E-state index is 12.8. The van der Waals surface area contributed by atoms with Crippen LogP contribution in [0, 0.1) is 5.82 Å². The second-order valence-corrected chi connectivity index (χ2v) is 6.12. The van der Waals surface area contributed by atoms with Gasteiger partial charge in [0.05, 0.1) is 0 Å². The van der Waals surface area contributed by atoms with E-state index in [2.05, 4.69) is 37.2 Å². The predicted octanol–water partition coefficient (Wildman–Crippen LogP) is 4.32. The van der Waals surface area contributed by atoms with Gasteiger partial charge in [0.15, 0.2) is 0 Å². The Balaban J connectivity index is 1.90. The van der Waals surface area contributed by atoms with Gasteiger partial charge in [-0.2, -0.15) is 0 Å². The fourth-order valence-electron chi connectivity index (χ4n) is 1.76. The number of carbonyl (C=O) groups excluding carboxylic acids is 1. The van der Waals surface area contributed by atoms with Gasteiger partial charge in [0, 0.05) is 21.1 Å². The molecule has 0 fully saturated rings. The van der Waals surface area contributed by atoms with Crippen LogP contribution in [0.25, 0.3) is 0 Å². The largest absolute Gasteiger partial charge is 0.352 e. The Morgan fingerprint density at radius 2 is 1.65 bits per heavy atom. The van der Waals surface area contributed by atoms with Gasteiger partial charge in [-0.15, -0.1) is 0 Å². The lowest BCUT2D eigenvalue weighted by atomic mass is 10.1. The highest BCUT2D eigenvalue weighted by Crippen LogP contribution is 2.20. The Morgan fingerprint density at radius 1 is 1.05 bits per heavy atom. The summed E-state index contributed by atoms with van der Waals surface area (Å²) in [4.78, 5) is 12.0. The van der Waals surface area contributed by atoms with E-state index in [4.69, 9.17) is 0 Å². The molecule has 0 unspecified atom stereocenters. The number of nitrogens with one attached hydrogen (secondary N) is 1. The SMILES string of the molecule is O=C(NCCc1ccc(F)cc1)c1cc(Br)cc(Br)c1. The van der Waals surface area contributed by atoms with E-state index in [1.54, 1.807) is 24.3 Å². The quantitative estimate of drug-likeness (QED) is 0.813. The van der Waals surface area contributed by atoms with Crippen LogP contribution in [0.3, 0.4) is 0 Å². The Labute approximate surface area is 133 Å². The molecule has 0 spiro atoms. The van der Waals surface area contributed by atoms with Gasteiger partial charge in [0.1, 0.15) is 5.82 Å². The van der Waals surface area contributed by atoms with E-state index in [9.17, 15) is 9.18 Å². The van der Waals surface area contributed by atoms with E-state index in [-0.39, 0.29) is 11.7 Å². The van der Waals surface area contributed by atoms with Gasteiger partial charge < -0.3 is 5.32 Å². The Hall–Kier alpha value is -1.20. The summed E-state index contributed by atoms with van der Waals surface area (Å²) >= 11 is 6.69. The molecule has 5 heteroatoms. The van der Waals surface area contributed by atoms with E-state index < -0.39 is 0 Å². The van der Waals surface area contributed by atoms with Gasteiger partial charge in [-0.3, -0.25) is 4.79 Å². The Bertz CT molecular complexity index is 594. The molecule has 2 aromatic carbocycles. The van der Waals surface area contributed by atoms with Gasteiger partial charge in [-0.05, 0) is 42.3 Å². The van der Waals surface area contributed by atoms with Crippen LogP contribution in [-0.4, -0.2) is 12.5 Å². The zero-order valence-corrected chi connectivity index (χ0v) is 13.7. The third kappa shape index (κ3) is 4.42. The van der Waals surface area contributed by atoms with Crippen LogP contribution in [0.4, 0.5) is 4.39 Å².